The maximum Gasteiger partial charge on any atom is 0.342 e. The first-order chi connectivity index (χ1) is 7.06. The maximum absolute atomic E-state index is 11.3. The number of unbranched alkanes of at least 4 members (excludes halogenated alkanes) is 1. The van der Waals surface area contributed by atoms with E-state index in [1.807, 2.05) is 6.92 Å². The second-order valence-corrected chi connectivity index (χ2v) is 3.99. The largest absolute Gasteiger partial charge is 0.507 e. The van der Waals surface area contributed by atoms with Crippen LogP contribution in [0.1, 0.15) is 50.4 Å². The molecule has 3 heteroatoms. The van der Waals surface area contributed by atoms with Gasteiger partial charge in [-0.1, -0.05) is 26.7 Å². The third kappa shape index (κ3) is 2.85. The average molecular weight is 210 g/mol. The van der Waals surface area contributed by atoms with Crippen molar-refractivity contribution in [3.05, 3.63) is 27.8 Å². The number of aromatic hydroxyl groups is 1. The van der Waals surface area contributed by atoms with Crippen LogP contribution in [0.4, 0.5) is 0 Å². The minimum Gasteiger partial charge on any atom is -0.507 e. The van der Waals surface area contributed by atoms with Crippen LogP contribution in [0.3, 0.4) is 0 Å². The Bertz CT molecular complexity index is 379. The van der Waals surface area contributed by atoms with Crippen molar-refractivity contribution in [2.24, 2.45) is 0 Å². The monoisotopic (exact) mass is 210 g/mol. The van der Waals surface area contributed by atoms with Crippen molar-refractivity contribution >= 4 is 0 Å². The quantitative estimate of drug-likeness (QED) is 0.831. The van der Waals surface area contributed by atoms with Crippen molar-refractivity contribution in [3.8, 4) is 5.75 Å². The lowest BCUT2D eigenvalue weighted by molar-refractivity contribution is 0.391. The summed E-state index contributed by atoms with van der Waals surface area (Å²) in [7, 11) is 0. The second kappa shape index (κ2) is 5.01. The van der Waals surface area contributed by atoms with Crippen molar-refractivity contribution in [3.63, 3.8) is 0 Å². The van der Waals surface area contributed by atoms with Gasteiger partial charge in [0, 0.05) is 12.0 Å². The third-order valence-electron chi connectivity index (χ3n) is 2.66. The lowest BCUT2D eigenvalue weighted by Crippen LogP contribution is -2.06. The van der Waals surface area contributed by atoms with E-state index in [0.29, 0.717) is 5.76 Å². The van der Waals surface area contributed by atoms with Crippen LogP contribution < -0.4 is 5.63 Å². The highest BCUT2D eigenvalue weighted by atomic mass is 16.4. The van der Waals surface area contributed by atoms with E-state index >= 15 is 0 Å². The van der Waals surface area contributed by atoms with Crippen molar-refractivity contribution in [1.29, 1.82) is 0 Å². The summed E-state index contributed by atoms with van der Waals surface area (Å²) in [5.74, 6) is 0.797. The molecule has 0 aliphatic carbocycles. The van der Waals surface area contributed by atoms with Crippen LogP contribution in [0.5, 0.6) is 5.75 Å². The van der Waals surface area contributed by atoms with Gasteiger partial charge in [0.1, 0.15) is 11.5 Å². The Kier molecular flexibility index (Phi) is 3.95. The van der Waals surface area contributed by atoms with Crippen LogP contribution >= 0.6 is 0 Å². The summed E-state index contributed by atoms with van der Waals surface area (Å²) >= 11 is 0. The van der Waals surface area contributed by atoms with E-state index in [-0.39, 0.29) is 17.2 Å². The number of hydrogen-bond acceptors (Lipinski definition) is 3. The van der Waals surface area contributed by atoms with Crippen molar-refractivity contribution < 1.29 is 9.52 Å². The Hall–Kier alpha value is -1.25. The Morgan fingerprint density at radius 1 is 1.53 bits per heavy atom. The molecule has 0 aliphatic rings. The van der Waals surface area contributed by atoms with Crippen molar-refractivity contribution in [2.75, 3.05) is 0 Å². The molecule has 0 aromatic carbocycles. The van der Waals surface area contributed by atoms with E-state index in [0.717, 1.165) is 19.3 Å². The molecule has 0 amide bonds. The topological polar surface area (TPSA) is 50.4 Å². The highest BCUT2D eigenvalue weighted by Crippen LogP contribution is 2.24. The van der Waals surface area contributed by atoms with Crippen LogP contribution in [0, 0.1) is 6.92 Å². The van der Waals surface area contributed by atoms with Crippen LogP contribution in [-0.4, -0.2) is 5.11 Å². The summed E-state index contributed by atoms with van der Waals surface area (Å²) < 4.78 is 5.13. The average Bonchev–Trinajstić information content (AvgIpc) is 2.21. The van der Waals surface area contributed by atoms with Gasteiger partial charge in [-0.2, -0.15) is 0 Å². The normalized spacial score (nSPS) is 12.7. The zero-order valence-electron chi connectivity index (χ0n) is 9.54. The van der Waals surface area contributed by atoms with Gasteiger partial charge in [0.25, 0.3) is 0 Å². The van der Waals surface area contributed by atoms with E-state index in [1.54, 1.807) is 13.0 Å². The van der Waals surface area contributed by atoms with Crippen LogP contribution in [0.15, 0.2) is 15.3 Å². The zero-order valence-corrected chi connectivity index (χ0v) is 9.54. The van der Waals surface area contributed by atoms with E-state index in [1.165, 1.54) is 0 Å². The first kappa shape index (κ1) is 11.8. The van der Waals surface area contributed by atoms with E-state index < -0.39 is 5.63 Å². The lowest BCUT2D eigenvalue weighted by atomic mass is 10.0. The summed E-state index contributed by atoms with van der Waals surface area (Å²) in [6, 6.07) is 1.55. The Morgan fingerprint density at radius 2 is 2.20 bits per heavy atom. The molecule has 1 heterocycles. The fourth-order valence-corrected chi connectivity index (χ4v) is 1.46. The first-order valence-electron chi connectivity index (χ1n) is 5.39. The molecule has 0 bridgehead atoms. The Labute approximate surface area is 89.7 Å². The van der Waals surface area contributed by atoms with Gasteiger partial charge < -0.3 is 9.52 Å². The van der Waals surface area contributed by atoms with Gasteiger partial charge in [0.2, 0.25) is 0 Å². The molecular formula is C12H18O3. The zero-order chi connectivity index (χ0) is 11.4. The van der Waals surface area contributed by atoms with E-state index in [2.05, 4.69) is 6.92 Å². The SMILES string of the molecule is CCCCC(C)c1cc(O)c(C)c(=O)o1. The van der Waals surface area contributed by atoms with Crippen LogP contribution in [0.25, 0.3) is 0 Å². The summed E-state index contributed by atoms with van der Waals surface area (Å²) in [6.45, 7) is 5.68. The van der Waals surface area contributed by atoms with Gasteiger partial charge in [-0.15, -0.1) is 0 Å². The first-order valence-corrected chi connectivity index (χ1v) is 5.39. The van der Waals surface area contributed by atoms with Crippen LogP contribution in [0.2, 0.25) is 0 Å². The van der Waals surface area contributed by atoms with Gasteiger partial charge in [-0.05, 0) is 13.3 Å². The fraction of sp³-hybridized carbons (Fsp3) is 0.583. The molecule has 15 heavy (non-hydrogen) atoms. The number of hydrogen-bond donors (Lipinski definition) is 1. The molecule has 1 rings (SSSR count). The highest BCUT2D eigenvalue weighted by Gasteiger charge is 2.12. The van der Waals surface area contributed by atoms with Gasteiger partial charge in [0.05, 0.1) is 5.56 Å². The molecule has 0 spiro atoms. The Morgan fingerprint density at radius 3 is 2.73 bits per heavy atom. The molecule has 84 valence electrons. The van der Waals surface area contributed by atoms with Gasteiger partial charge >= 0.3 is 5.63 Å². The predicted molar refractivity (Wildman–Crippen MR) is 59.3 cm³/mol. The van der Waals surface area contributed by atoms with E-state index in [4.69, 9.17) is 4.42 Å². The third-order valence-corrected chi connectivity index (χ3v) is 2.66. The molecule has 1 unspecified atom stereocenters. The standard InChI is InChI=1S/C12H18O3/c1-4-5-6-8(2)11-7-10(13)9(3)12(14)15-11/h7-8,13H,4-6H2,1-3H3. The summed E-state index contributed by atoms with van der Waals surface area (Å²) in [5.41, 5.74) is -0.158. The van der Waals surface area contributed by atoms with Gasteiger partial charge in [-0.25, -0.2) is 4.79 Å². The highest BCUT2D eigenvalue weighted by molar-refractivity contribution is 5.29. The number of rotatable bonds is 4. The Balaban J connectivity index is 2.91. The molecule has 0 radical (unpaired) electrons. The minimum absolute atomic E-state index is 0.0320. The van der Waals surface area contributed by atoms with Crippen molar-refractivity contribution in [1.82, 2.24) is 0 Å². The van der Waals surface area contributed by atoms with Crippen molar-refractivity contribution in [2.45, 2.75) is 46.0 Å². The maximum atomic E-state index is 11.3. The molecule has 3 nitrogen and oxygen atoms in total. The smallest absolute Gasteiger partial charge is 0.342 e. The molecule has 0 saturated heterocycles. The molecule has 0 saturated carbocycles. The molecule has 0 aliphatic heterocycles. The second-order valence-electron chi connectivity index (χ2n) is 3.99. The fourth-order valence-electron chi connectivity index (χ4n) is 1.46. The molecular weight excluding hydrogens is 192 g/mol. The summed E-state index contributed by atoms with van der Waals surface area (Å²) in [4.78, 5) is 11.3. The molecule has 1 aromatic heterocycles. The lowest BCUT2D eigenvalue weighted by Gasteiger charge is -2.10. The molecule has 1 N–H and O–H groups in total. The summed E-state index contributed by atoms with van der Waals surface area (Å²) in [6.07, 6.45) is 3.19. The van der Waals surface area contributed by atoms with Crippen LogP contribution in [-0.2, 0) is 0 Å². The van der Waals surface area contributed by atoms with Gasteiger partial charge in [0.15, 0.2) is 0 Å². The van der Waals surface area contributed by atoms with Gasteiger partial charge in [-0.3, -0.25) is 0 Å². The van der Waals surface area contributed by atoms with E-state index in [9.17, 15) is 9.90 Å². The molecule has 1 atom stereocenters. The minimum atomic E-state index is -0.437. The predicted octanol–water partition coefficient (Wildman–Crippen LogP) is 2.95. The molecule has 0 fully saturated rings. The summed E-state index contributed by atoms with van der Waals surface area (Å²) in [5, 5.41) is 9.50. The molecule has 1 aromatic rings.